The van der Waals surface area contributed by atoms with Crippen LogP contribution in [0.3, 0.4) is 0 Å². The van der Waals surface area contributed by atoms with Gasteiger partial charge in [0.05, 0.1) is 17.3 Å². The molecule has 0 bridgehead atoms. The Morgan fingerprint density at radius 2 is 2.28 bits per heavy atom. The molecule has 2 N–H and O–H groups in total. The van der Waals surface area contributed by atoms with Crippen molar-refractivity contribution in [1.29, 1.82) is 5.26 Å². The summed E-state index contributed by atoms with van der Waals surface area (Å²) < 4.78 is 13.8. The summed E-state index contributed by atoms with van der Waals surface area (Å²) in [7, 11) is 0. The predicted octanol–water partition coefficient (Wildman–Crippen LogP) is 2.89. The summed E-state index contributed by atoms with van der Waals surface area (Å²) in [6.45, 7) is 1.99. The Balaban J connectivity index is 2.31. The molecule has 0 radical (unpaired) electrons. The molecule has 2 aromatic rings. The Hall–Kier alpha value is -1.93. The van der Waals surface area contributed by atoms with Gasteiger partial charge in [0.25, 0.3) is 0 Å². The van der Waals surface area contributed by atoms with Crippen molar-refractivity contribution in [1.82, 2.24) is 4.98 Å². The number of anilines is 1. The van der Waals surface area contributed by atoms with Gasteiger partial charge in [-0.1, -0.05) is 13.0 Å². The lowest BCUT2D eigenvalue weighted by molar-refractivity contribution is 0.613. The number of nitriles is 1. The average molecular weight is 261 g/mol. The Morgan fingerprint density at radius 3 is 2.89 bits per heavy atom. The van der Waals surface area contributed by atoms with E-state index in [4.69, 9.17) is 11.0 Å². The van der Waals surface area contributed by atoms with E-state index in [2.05, 4.69) is 4.98 Å². The van der Waals surface area contributed by atoms with Crippen LogP contribution in [0.4, 0.5) is 9.52 Å². The molecule has 0 saturated heterocycles. The zero-order valence-electron chi connectivity index (χ0n) is 9.90. The van der Waals surface area contributed by atoms with E-state index < -0.39 is 0 Å². The molecule has 0 amide bonds. The van der Waals surface area contributed by atoms with Crippen molar-refractivity contribution in [3.05, 3.63) is 45.7 Å². The van der Waals surface area contributed by atoms with Gasteiger partial charge in [0.2, 0.25) is 0 Å². The zero-order chi connectivity index (χ0) is 13.1. The maximum absolute atomic E-state index is 13.8. The van der Waals surface area contributed by atoms with Gasteiger partial charge in [-0.25, -0.2) is 9.37 Å². The van der Waals surface area contributed by atoms with E-state index in [1.54, 1.807) is 12.1 Å². The predicted molar refractivity (Wildman–Crippen MR) is 69.8 cm³/mol. The summed E-state index contributed by atoms with van der Waals surface area (Å²) in [6.07, 6.45) is 1.25. The summed E-state index contributed by atoms with van der Waals surface area (Å²) in [6, 6.07) is 6.43. The molecule has 18 heavy (non-hydrogen) atoms. The van der Waals surface area contributed by atoms with Crippen LogP contribution in [-0.4, -0.2) is 4.98 Å². The molecule has 1 aromatic carbocycles. The third kappa shape index (κ3) is 2.49. The van der Waals surface area contributed by atoms with Gasteiger partial charge >= 0.3 is 0 Å². The SMILES string of the molecule is CCc1nc(N)sc1Cc1ccc(C#N)cc1F. The lowest BCUT2D eigenvalue weighted by Crippen LogP contribution is -1.95. The van der Waals surface area contributed by atoms with Crippen molar-refractivity contribution < 1.29 is 4.39 Å². The van der Waals surface area contributed by atoms with Crippen molar-refractivity contribution in [2.75, 3.05) is 5.73 Å². The molecule has 2 rings (SSSR count). The van der Waals surface area contributed by atoms with E-state index in [0.717, 1.165) is 17.0 Å². The third-order valence-corrected chi connectivity index (χ3v) is 3.59. The van der Waals surface area contributed by atoms with Crippen molar-refractivity contribution in [3.8, 4) is 6.07 Å². The van der Waals surface area contributed by atoms with E-state index in [0.29, 0.717) is 22.7 Å². The zero-order valence-corrected chi connectivity index (χ0v) is 10.7. The number of nitrogens with two attached hydrogens (primary N) is 1. The van der Waals surface area contributed by atoms with E-state index in [-0.39, 0.29) is 5.82 Å². The Morgan fingerprint density at radius 1 is 1.50 bits per heavy atom. The van der Waals surface area contributed by atoms with Gasteiger partial charge in [-0.2, -0.15) is 5.26 Å². The highest BCUT2D eigenvalue weighted by Crippen LogP contribution is 2.25. The summed E-state index contributed by atoms with van der Waals surface area (Å²) in [4.78, 5) is 5.20. The fraction of sp³-hybridized carbons (Fsp3) is 0.231. The first-order valence-corrected chi connectivity index (χ1v) is 6.38. The minimum atomic E-state index is -0.358. The summed E-state index contributed by atoms with van der Waals surface area (Å²) in [5.41, 5.74) is 7.47. The second-order valence-electron chi connectivity index (χ2n) is 3.87. The van der Waals surface area contributed by atoms with Gasteiger partial charge in [-0.15, -0.1) is 11.3 Å². The van der Waals surface area contributed by atoms with Crippen molar-refractivity contribution >= 4 is 16.5 Å². The number of thiazole rings is 1. The Kier molecular flexibility index (Phi) is 3.58. The van der Waals surface area contributed by atoms with Crippen LogP contribution >= 0.6 is 11.3 Å². The molecule has 3 nitrogen and oxygen atoms in total. The van der Waals surface area contributed by atoms with E-state index in [1.807, 2.05) is 13.0 Å². The monoisotopic (exact) mass is 261 g/mol. The fourth-order valence-corrected chi connectivity index (χ4v) is 2.69. The quantitative estimate of drug-likeness (QED) is 0.924. The van der Waals surface area contributed by atoms with Gasteiger partial charge in [-0.3, -0.25) is 0 Å². The average Bonchev–Trinajstić information content (AvgIpc) is 2.72. The van der Waals surface area contributed by atoms with Crippen LogP contribution in [0.5, 0.6) is 0 Å². The highest BCUT2D eigenvalue weighted by atomic mass is 32.1. The molecular formula is C13H12FN3S. The van der Waals surface area contributed by atoms with Gasteiger partial charge < -0.3 is 5.73 Å². The molecule has 0 saturated carbocycles. The first-order valence-electron chi connectivity index (χ1n) is 5.56. The summed E-state index contributed by atoms with van der Waals surface area (Å²) in [5.74, 6) is -0.358. The molecule has 5 heteroatoms. The molecule has 0 aliphatic heterocycles. The largest absolute Gasteiger partial charge is 0.375 e. The maximum atomic E-state index is 13.8. The third-order valence-electron chi connectivity index (χ3n) is 2.66. The molecule has 0 atom stereocenters. The number of nitrogens with zero attached hydrogens (tertiary/aromatic N) is 2. The highest BCUT2D eigenvalue weighted by molar-refractivity contribution is 7.15. The van der Waals surface area contributed by atoms with E-state index in [9.17, 15) is 4.39 Å². The summed E-state index contributed by atoms with van der Waals surface area (Å²) in [5, 5.41) is 9.20. The number of hydrogen-bond acceptors (Lipinski definition) is 4. The number of rotatable bonds is 3. The van der Waals surface area contributed by atoms with Crippen LogP contribution in [0, 0.1) is 17.1 Å². The maximum Gasteiger partial charge on any atom is 0.180 e. The fourth-order valence-electron chi connectivity index (χ4n) is 1.75. The molecule has 1 heterocycles. The molecule has 0 spiro atoms. The molecule has 0 aliphatic rings. The number of hydrogen-bond donors (Lipinski definition) is 1. The number of aryl methyl sites for hydroxylation is 1. The van der Waals surface area contributed by atoms with Crippen molar-refractivity contribution in [2.24, 2.45) is 0 Å². The lowest BCUT2D eigenvalue weighted by atomic mass is 10.1. The molecule has 0 unspecified atom stereocenters. The van der Waals surface area contributed by atoms with Gasteiger partial charge in [-0.05, 0) is 24.1 Å². The minimum Gasteiger partial charge on any atom is -0.375 e. The first-order chi connectivity index (χ1) is 8.63. The molecule has 92 valence electrons. The van der Waals surface area contributed by atoms with Crippen molar-refractivity contribution in [2.45, 2.75) is 19.8 Å². The smallest absolute Gasteiger partial charge is 0.180 e. The highest BCUT2D eigenvalue weighted by Gasteiger charge is 2.11. The van der Waals surface area contributed by atoms with Crippen LogP contribution in [0.25, 0.3) is 0 Å². The molecule has 0 aliphatic carbocycles. The Labute approximate surface area is 109 Å². The lowest BCUT2D eigenvalue weighted by Gasteiger charge is -2.03. The van der Waals surface area contributed by atoms with Crippen LogP contribution in [-0.2, 0) is 12.8 Å². The topological polar surface area (TPSA) is 62.7 Å². The summed E-state index contributed by atoms with van der Waals surface area (Å²) >= 11 is 1.39. The molecular weight excluding hydrogens is 249 g/mol. The van der Waals surface area contributed by atoms with Crippen LogP contribution in [0.1, 0.15) is 28.6 Å². The second-order valence-corrected chi connectivity index (χ2v) is 4.99. The number of halogens is 1. The standard InChI is InChI=1S/C13H12FN3S/c1-2-11-12(18-13(16)17-11)6-9-4-3-8(7-15)5-10(9)14/h3-5H,2,6H2,1H3,(H2,16,17). The normalized spacial score (nSPS) is 10.3. The van der Waals surface area contributed by atoms with Gasteiger partial charge in [0.15, 0.2) is 5.13 Å². The van der Waals surface area contributed by atoms with Crippen LogP contribution in [0.15, 0.2) is 18.2 Å². The number of aromatic nitrogens is 1. The van der Waals surface area contributed by atoms with Crippen LogP contribution < -0.4 is 5.73 Å². The first kappa shape index (κ1) is 12.5. The Bertz CT molecular complexity index is 613. The van der Waals surface area contributed by atoms with E-state index in [1.165, 1.54) is 17.4 Å². The number of nitrogen functional groups attached to an aromatic ring is 1. The van der Waals surface area contributed by atoms with Gasteiger partial charge in [0.1, 0.15) is 5.82 Å². The molecule has 0 fully saturated rings. The van der Waals surface area contributed by atoms with E-state index >= 15 is 0 Å². The van der Waals surface area contributed by atoms with Crippen LogP contribution in [0.2, 0.25) is 0 Å². The number of benzene rings is 1. The van der Waals surface area contributed by atoms with Crippen molar-refractivity contribution in [3.63, 3.8) is 0 Å². The molecule has 1 aromatic heterocycles. The van der Waals surface area contributed by atoms with Gasteiger partial charge in [0, 0.05) is 11.3 Å². The minimum absolute atomic E-state index is 0.329. The second kappa shape index (κ2) is 5.15.